The molecular formula is C19H29N3O2. The monoisotopic (exact) mass is 331 g/mol. The second kappa shape index (κ2) is 8.71. The van der Waals surface area contributed by atoms with E-state index in [-0.39, 0.29) is 17.9 Å². The lowest BCUT2D eigenvalue weighted by atomic mass is 9.89. The van der Waals surface area contributed by atoms with Crippen LogP contribution in [0.2, 0.25) is 0 Å². The van der Waals surface area contributed by atoms with Gasteiger partial charge in [-0.2, -0.15) is 0 Å². The van der Waals surface area contributed by atoms with Crippen LogP contribution in [0.5, 0.6) is 0 Å². The minimum atomic E-state index is -0.184. The quantitative estimate of drug-likeness (QED) is 0.753. The first-order chi connectivity index (χ1) is 11.5. The number of nitrogens with one attached hydrogen (secondary N) is 3. The molecule has 1 aromatic rings. The number of hydrogen-bond acceptors (Lipinski definition) is 2. The average Bonchev–Trinajstić information content (AvgIpc) is 2.57. The normalized spacial score (nSPS) is 15.2. The summed E-state index contributed by atoms with van der Waals surface area (Å²) in [6, 6.07) is 5.36. The van der Waals surface area contributed by atoms with Crippen molar-refractivity contribution in [1.82, 2.24) is 5.32 Å². The van der Waals surface area contributed by atoms with E-state index in [1.807, 2.05) is 32.9 Å². The molecule has 0 saturated heterocycles. The van der Waals surface area contributed by atoms with Gasteiger partial charge in [0.1, 0.15) is 0 Å². The zero-order valence-corrected chi connectivity index (χ0v) is 14.9. The summed E-state index contributed by atoms with van der Waals surface area (Å²) in [5.74, 6) is 0.482. The molecule has 1 fully saturated rings. The highest BCUT2D eigenvalue weighted by atomic mass is 16.2. The van der Waals surface area contributed by atoms with Gasteiger partial charge in [0.05, 0.1) is 0 Å². The molecule has 5 nitrogen and oxygen atoms in total. The van der Waals surface area contributed by atoms with Gasteiger partial charge in [0.15, 0.2) is 0 Å². The molecule has 24 heavy (non-hydrogen) atoms. The second-order valence-corrected chi connectivity index (χ2v) is 7.01. The van der Waals surface area contributed by atoms with Crippen LogP contribution in [0.25, 0.3) is 0 Å². The Kier molecular flexibility index (Phi) is 6.64. The number of benzene rings is 1. The van der Waals surface area contributed by atoms with E-state index in [0.717, 1.165) is 17.8 Å². The molecule has 1 aliphatic rings. The van der Waals surface area contributed by atoms with Crippen LogP contribution in [0.4, 0.5) is 16.2 Å². The van der Waals surface area contributed by atoms with E-state index in [2.05, 4.69) is 16.0 Å². The van der Waals surface area contributed by atoms with E-state index in [1.165, 1.54) is 32.1 Å². The van der Waals surface area contributed by atoms with Crippen molar-refractivity contribution in [2.24, 2.45) is 11.8 Å². The molecule has 1 aromatic carbocycles. The Hall–Kier alpha value is -2.04. The van der Waals surface area contributed by atoms with Gasteiger partial charge in [-0.3, -0.25) is 4.79 Å². The van der Waals surface area contributed by atoms with Crippen LogP contribution in [-0.2, 0) is 4.79 Å². The molecule has 1 aliphatic carbocycles. The van der Waals surface area contributed by atoms with Crippen molar-refractivity contribution in [2.75, 3.05) is 17.2 Å². The predicted molar refractivity (Wildman–Crippen MR) is 98.2 cm³/mol. The van der Waals surface area contributed by atoms with Gasteiger partial charge in [0.25, 0.3) is 0 Å². The fourth-order valence-electron chi connectivity index (χ4n) is 2.92. The molecule has 0 unspecified atom stereocenters. The van der Waals surface area contributed by atoms with Crippen molar-refractivity contribution in [3.05, 3.63) is 23.8 Å². The highest BCUT2D eigenvalue weighted by Gasteiger charge is 2.15. The number of aryl methyl sites for hydroxylation is 1. The van der Waals surface area contributed by atoms with Gasteiger partial charge in [0, 0.05) is 23.8 Å². The SMILES string of the molecule is Cc1ccc(NC(=O)C(C)C)cc1NC(=O)NCC1CCCCC1. The first kappa shape index (κ1) is 18.3. The average molecular weight is 331 g/mol. The number of rotatable bonds is 5. The van der Waals surface area contributed by atoms with E-state index in [9.17, 15) is 9.59 Å². The summed E-state index contributed by atoms with van der Waals surface area (Å²) in [5, 5.41) is 8.72. The summed E-state index contributed by atoms with van der Waals surface area (Å²) in [6.45, 7) is 6.36. The molecule has 0 aromatic heterocycles. The van der Waals surface area contributed by atoms with Crippen molar-refractivity contribution < 1.29 is 9.59 Å². The summed E-state index contributed by atoms with van der Waals surface area (Å²) in [5.41, 5.74) is 2.38. The lowest BCUT2D eigenvalue weighted by Crippen LogP contribution is -2.33. The first-order valence-electron chi connectivity index (χ1n) is 8.92. The summed E-state index contributed by atoms with van der Waals surface area (Å²) < 4.78 is 0. The molecule has 0 heterocycles. The van der Waals surface area contributed by atoms with Crippen LogP contribution < -0.4 is 16.0 Å². The molecule has 0 spiro atoms. The largest absolute Gasteiger partial charge is 0.338 e. The van der Waals surface area contributed by atoms with Crippen molar-refractivity contribution >= 4 is 23.3 Å². The third kappa shape index (κ3) is 5.55. The molecule has 5 heteroatoms. The molecule has 0 aliphatic heterocycles. The maximum atomic E-state index is 12.1. The summed E-state index contributed by atoms with van der Waals surface area (Å²) in [6.07, 6.45) is 6.26. The van der Waals surface area contributed by atoms with Crippen LogP contribution in [0.15, 0.2) is 18.2 Å². The Labute approximate surface area is 144 Å². The van der Waals surface area contributed by atoms with E-state index in [0.29, 0.717) is 11.6 Å². The Balaban J connectivity index is 1.90. The lowest BCUT2D eigenvalue weighted by Gasteiger charge is -2.22. The molecule has 3 N–H and O–H groups in total. The Morgan fingerprint density at radius 1 is 1.12 bits per heavy atom. The molecule has 0 bridgehead atoms. The number of carbonyl (C=O) groups is 2. The van der Waals surface area contributed by atoms with Gasteiger partial charge in [0.2, 0.25) is 5.91 Å². The number of carbonyl (C=O) groups excluding carboxylic acids is 2. The van der Waals surface area contributed by atoms with Crippen LogP contribution in [0, 0.1) is 18.8 Å². The van der Waals surface area contributed by atoms with Gasteiger partial charge in [-0.15, -0.1) is 0 Å². The highest BCUT2D eigenvalue weighted by Crippen LogP contribution is 2.23. The number of anilines is 2. The number of amides is 3. The van der Waals surface area contributed by atoms with Crippen molar-refractivity contribution in [1.29, 1.82) is 0 Å². The number of urea groups is 1. The second-order valence-electron chi connectivity index (χ2n) is 7.01. The van der Waals surface area contributed by atoms with E-state index >= 15 is 0 Å². The topological polar surface area (TPSA) is 70.2 Å². The predicted octanol–water partition coefficient (Wildman–Crippen LogP) is 4.29. The van der Waals surface area contributed by atoms with E-state index in [1.54, 1.807) is 6.07 Å². The molecule has 0 radical (unpaired) electrons. The molecular weight excluding hydrogens is 302 g/mol. The highest BCUT2D eigenvalue weighted by molar-refractivity contribution is 5.94. The molecule has 0 atom stereocenters. The molecule has 1 saturated carbocycles. The van der Waals surface area contributed by atoms with Gasteiger partial charge in [-0.1, -0.05) is 39.2 Å². The van der Waals surface area contributed by atoms with Crippen molar-refractivity contribution in [3.8, 4) is 0 Å². The van der Waals surface area contributed by atoms with E-state index in [4.69, 9.17) is 0 Å². The molecule has 2 rings (SSSR count). The molecule has 132 valence electrons. The fraction of sp³-hybridized carbons (Fsp3) is 0.579. The van der Waals surface area contributed by atoms with E-state index < -0.39 is 0 Å². The Bertz CT molecular complexity index is 578. The van der Waals surface area contributed by atoms with Crippen LogP contribution in [0.1, 0.15) is 51.5 Å². The fourth-order valence-corrected chi connectivity index (χ4v) is 2.92. The third-order valence-corrected chi connectivity index (χ3v) is 4.55. The third-order valence-electron chi connectivity index (χ3n) is 4.55. The Morgan fingerprint density at radius 2 is 1.83 bits per heavy atom. The minimum absolute atomic E-state index is 0.0356. The van der Waals surface area contributed by atoms with Crippen LogP contribution >= 0.6 is 0 Å². The maximum absolute atomic E-state index is 12.1. The van der Waals surface area contributed by atoms with Crippen LogP contribution in [0.3, 0.4) is 0 Å². The summed E-state index contributed by atoms with van der Waals surface area (Å²) in [7, 11) is 0. The van der Waals surface area contributed by atoms with Crippen molar-refractivity contribution in [2.45, 2.75) is 52.9 Å². The van der Waals surface area contributed by atoms with Gasteiger partial charge < -0.3 is 16.0 Å². The number of hydrogen-bond donors (Lipinski definition) is 3. The van der Waals surface area contributed by atoms with Gasteiger partial charge in [-0.25, -0.2) is 4.79 Å². The summed E-state index contributed by atoms with van der Waals surface area (Å²) in [4.78, 5) is 23.9. The maximum Gasteiger partial charge on any atom is 0.319 e. The van der Waals surface area contributed by atoms with Crippen molar-refractivity contribution in [3.63, 3.8) is 0 Å². The summed E-state index contributed by atoms with van der Waals surface area (Å²) >= 11 is 0. The van der Waals surface area contributed by atoms with Gasteiger partial charge >= 0.3 is 6.03 Å². The zero-order chi connectivity index (χ0) is 17.5. The standard InChI is InChI=1S/C19H29N3O2/c1-13(2)18(23)21-16-10-9-14(3)17(11-16)22-19(24)20-12-15-7-5-4-6-8-15/h9-11,13,15H,4-8,12H2,1-3H3,(H,21,23)(H2,20,22,24). The Morgan fingerprint density at radius 3 is 2.50 bits per heavy atom. The smallest absolute Gasteiger partial charge is 0.319 e. The van der Waals surface area contributed by atoms with Crippen LogP contribution in [-0.4, -0.2) is 18.5 Å². The molecule has 3 amide bonds. The van der Waals surface area contributed by atoms with Gasteiger partial charge in [-0.05, 0) is 43.4 Å². The first-order valence-corrected chi connectivity index (χ1v) is 8.92. The zero-order valence-electron chi connectivity index (χ0n) is 14.9. The lowest BCUT2D eigenvalue weighted by molar-refractivity contribution is -0.118. The minimum Gasteiger partial charge on any atom is -0.338 e.